The quantitative estimate of drug-likeness (QED) is 0.773. The lowest BCUT2D eigenvalue weighted by Gasteiger charge is -2.10. The molecule has 1 aromatic carbocycles. The van der Waals surface area contributed by atoms with Crippen LogP contribution in [-0.2, 0) is 4.79 Å². The van der Waals surface area contributed by atoms with Crippen LogP contribution < -0.4 is 4.74 Å². The van der Waals surface area contributed by atoms with Gasteiger partial charge < -0.3 is 9.30 Å². The number of hydrogen-bond donors (Lipinski definition) is 0. The standard InChI is InChI=1S/C18H18N2O3S/c1-3-10-20-17(21)16(24-18(20)22)12-14-5-4-11-19(14)13-6-8-15(23-2)9-7-13/h4-9,11-12H,3,10H2,1-2H3/b16-12-. The number of thioether (sulfide) groups is 1. The van der Waals surface area contributed by atoms with E-state index in [1.165, 1.54) is 4.90 Å². The second-order valence-corrected chi connectivity index (χ2v) is 6.33. The van der Waals surface area contributed by atoms with Crippen LogP contribution in [0.25, 0.3) is 11.8 Å². The molecule has 0 atom stereocenters. The van der Waals surface area contributed by atoms with Gasteiger partial charge in [-0.1, -0.05) is 6.92 Å². The molecule has 0 N–H and O–H groups in total. The van der Waals surface area contributed by atoms with E-state index in [9.17, 15) is 9.59 Å². The SMILES string of the molecule is CCCN1C(=O)S/C(=C\c2cccn2-c2ccc(OC)cc2)C1=O. The third-order valence-corrected chi connectivity index (χ3v) is 4.64. The van der Waals surface area contributed by atoms with Crippen LogP contribution in [0, 0.1) is 0 Å². The largest absolute Gasteiger partial charge is 0.497 e. The van der Waals surface area contributed by atoms with Gasteiger partial charge in [-0.25, -0.2) is 0 Å². The Hall–Kier alpha value is -2.47. The first-order valence-corrected chi connectivity index (χ1v) is 8.53. The average Bonchev–Trinajstić information content (AvgIpc) is 3.16. The molecule has 0 saturated carbocycles. The Morgan fingerprint density at radius 3 is 2.58 bits per heavy atom. The highest BCUT2D eigenvalue weighted by atomic mass is 32.2. The van der Waals surface area contributed by atoms with Crippen molar-refractivity contribution >= 4 is 29.0 Å². The lowest BCUT2D eigenvalue weighted by atomic mass is 10.3. The van der Waals surface area contributed by atoms with Crippen molar-refractivity contribution in [1.82, 2.24) is 9.47 Å². The minimum absolute atomic E-state index is 0.198. The molecule has 124 valence electrons. The van der Waals surface area contributed by atoms with Crippen LogP contribution in [0.3, 0.4) is 0 Å². The van der Waals surface area contributed by atoms with Crippen LogP contribution in [0.5, 0.6) is 5.75 Å². The van der Waals surface area contributed by atoms with Crippen molar-refractivity contribution in [2.24, 2.45) is 0 Å². The Bertz CT molecular complexity index is 793. The van der Waals surface area contributed by atoms with Gasteiger partial charge in [0.2, 0.25) is 0 Å². The lowest BCUT2D eigenvalue weighted by Crippen LogP contribution is -2.28. The predicted octanol–water partition coefficient (Wildman–Crippen LogP) is 3.93. The summed E-state index contributed by atoms with van der Waals surface area (Å²) in [6.45, 7) is 2.41. The molecule has 0 bridgehead atoms. The van der Waals surface area contributed by atoms with Crippen molar-refractivity contribution in [2.75, 3.05) is 13.7 Å². The normalized spacial score (nSPS) is 16.2. The number of ether oxygens (including phenoxy) is 1. The highest BCUT2D eigenvalue weighted by Gasteiger charge is 2.34. The molecule has 6 heteroatoms. The molecular formula is C18H18N2O3S. The van der Waals surface area contributed by atoms with Crippen molar-refractivity contribution in [3.8, 4) is 11.4 Å². The molecule has 3 rings (SSSR count). The number of methoxy groups -OCH3 is 1. The molecule has 1 aliphatic heterocycles. The molecule has 5 nitrogen and oxygen atoms in total. The van der Waals surface area contributed by atoms with Crippen LogP contribution in [0.2, 0.25) is 0 Å². The van der Waals surface area contributed by atoms with Crippen LogP contribution in [0.4, 0.5) is 4.79 Å². The summed E-state index contributed by atoms with van der Waals surface area (Å²) in [7, 11) is 1.63. The predicted molar refractivity (Wildman–Crippen MR) is 95.3 cm³/mol. The fraction of sp³-hybridized carbons (Fsp3) is 0.222. The summed E-state index contributed by atoms with van der Waals surface area (Å²) in [4.78, 5) is 26.1. The van der Waals surface area contributed by atoms with E-state index in [2.05, 4.69) is 0 Å². The van der Waals surface area contributed by atoms with Gasteiger partial charge >= 0.3 is 0 Å². The van der Waals surface area contributed by atoms with E-state index in [0.717, 1.165) is 35.3 Å². The maximum atomic E-state index is 12.4. The summed E-state index contributed by atoms with van der Waals surface area (Å²) in [5, 5.41) is -0.198. The maximum absolute atomic E-state index is 12.4. The van der Waals surface area contributed by atoms with E-state index in [-0.39, 0.29) is 11.1 Å². The van der Waals surface area contributed by atoms with Crippen molar-refractivity contribution in [3.63, 3.8) is 0 Å². The number of rotatable bonds is 5. The highest BCUT2D eigenvalue weighted by molar-refractivity contribution is 8.18. The van der Waals surface area contributed by atoms with Gasteiger partial charge in [-0.2, -0.15) is 0 Å². The van der Waals surface area contributed by atoms with Gasteiger partial charge in [-0.15, -0.1) is 0 Å². The van der Waals surface area contributed by atoms with Crippen LogP contribution in [0.1, 0.15) is 19.0 Å². The molecule has 0 unspecified atom stereocenters. The van der Waals surface area contributed by atoms with E-state index >= 15 is 0 Å². The Morgan fingerprint density at radius 2 is 1.92 bits per heavy atom. The first kappa shape index (κ1) is 16.4. The number of hydrogen-bond acceptors (Lipinski definition) is 4. The van der Waals surface area contributed by atoms with Crippen LogP contribution in [0.15, 0.2) is 47.5 Å². The Balaban J connectivity index is 1.90. The zero-order chi connectivity index (χ0) is 17.1. The fourth-order valence-corrected chi connectivity index (χ4v) is 3.39. The molecule has 2 aromatic rings. The first-order chi connectivity index (χ1) is 11.6. The molecule has 0 spiro atoms. The van der Waals surface area contributed by atoms with E-state index in [1.54, 1.807) is 13.2 Å². The Morgan fingerprint density at radius 1 is 1.17 bits per heavy atom. The second kappa shape index (κ2) is 6.97. The summed E-state index contributed by atoms with van der Waals surface area (Å²) < 4.78 is 7.14. The summed E-state index contributed by atoms with van der Waals surface area (Å²) in [6.07, 6.45) is 4.45. The zero-order valence-corrected chi connectivity index (χ0v) is 14.4. The van der Waals surface area contributed by atoms with Crippen LogP contribution in [-0.4, -0.2) is 34.3 Å². The second-order valence-electron chi connectivity index (χ2n) is 5.33. The number of nitrogens with zero attached hydrogens (tertiary/aromatic N) is 2. The van der Waals surface area contributed by atoms with Crippen molar-refractivity contribution in [3.05, 3.63) is 53.2 Å². The van der Waals surface area contributed by atoms with Crippen molar-refractivity contribution < 1.29 is 14.3 Å². The molecule has 1 aromatic heterocycles. The van der Waals surface area contributed by atoms with Gasteiger partial charge in [0.05, 0.1) is 12.0 Å². The molecule has 0 radical (unpaired) electrons. The summed E-state index contributed by atoms with van der Waals surface area (Å²) in [6, 6.07) is 11.5. The topological polar surface area (TPSA) is 51.5 Å². The number of imide groups is 1. The van der Waals surface area contributed by atoms with Gasteiger partial charge in [0.25, 0.3) is 11.1 Å². The molecule has 1 aliphatic rings. The molecule has 24 heavy (non-hydrogen) atoms. The van der Waals surface area contributed by atoms with E-state index in [1.807, 2.05) is 54.1 Å². The van der Waals surface area contributed by atoms with E-state index < -0.39 is 0 Å². The molecule has 2 heterocycles. The highest BCUT2D eigenvalue weighted by Crippen LogP contribution is 2.32. The average molecular weight is 342 g/mol. The number of aromatic nitrogens is 1. The number of carbonyl (C=O) groups is 2. The molecule has 2 amide bonds. The summed E-state index contributed by atoms with van der Waals surface area (Å²) in [5.74, 6) is 0.572. The Kier molecular flexibility index (Phi) is 4.76. The number of amides is 2. The van der Waals surface area contributed by atoms with E-state index in [4.69, 9.17) is 4.74 Å². The lowest BCUT2D eigenvalue weighted by molar-refractivity contribution is -0.122. The first-order valence-electron chi connectivity index (χ1n) is 7.71. The monoisotopic (exact) mass is 342 g/mol. The fourth-order valence-electron chi connectivity index (χ4n) is 2.54. The molecule has 1 fully saturated rings. The molecule has 0 aliphatic carbocycles. The number of carbonyl (C=O) groups excluding carboxylic acids is 2. The van der Waals surface area contributed by atoms with Gasteiger partial charge in [0.15, 0.2) is 0 Å². The van der Waals surface area contributed by atoms with Crippen molar-refractivity contribution in [1.29, 1.82) is 0 Å². The zero-order valence-electron chi connectivity index (χ0n) is 13.6. The van der Waals surface area contributed by atoms with Crippen molar-refractivity contribution in [2.45, 2.75) is 13.3 Å². The summed E-state index contributed by atoms with van der Waals surface area (Å²) in [5.41, 5.74) is 1.81. The summed E-state index contributed by atoms with van der Waals surface area (Å²) >= 11 is 0.995. The third kappa shape index (κ3) is 3.10. The van der Waals surface area contributed by atoms with Gasteiger partial charge in [0, 0.05) is 24.1 Å². The smallest absolute Gasteiger partial charge is 0.293 e. The van der Waals surface area contributed by atoms with E-state index in [0.29, 0.717) is 11.4 Å². The van der Waals surface area contributed by atoms with Gasteiger partial charge in [-0.3, -0.25) is 14.5 Å². The molecule has 1 saturated heterocycles. The van der Waals surface area contributed by atoms with Crippen LogP contribution >= 0.6 is 11.8 Å². The number of benzene rings is 1. The minimum atomic E-state index is -0.214. The van der Waals surface area contributed by atoms with Gasteiger partial charge in [-0.05, 0) is 60.7 Å². The Labute approximate surface area is 144 Å². The molecular weight excluding hydrogens is 324 g/mol. The minimum Gasteiger partial charge on any atom is -0.497 e. The van der Waals surface area contributed by atoms with Gasteiger partial charge in [0.1, 0.15) is 5.75 Å². The maximum Gasteiger partial charge on any atom is 0.293 e. The third-order valence-electron chi connectivity index (χ3n) is 3.73.